The maximum atomic E-state index is 5.99. The Morgan fingerprint density at radius 2 is 1.57 bits per heavy atom. The molecular formula is C34H58ClN5. The second-order valence-corrected chi connectivity index (χ2v) is 13.2. The molecule has 0 amide bonds. The first-order valence-electron chi connectivity index (χ1n) is 15.9. The van der Waals surface area contributed by atoms with Crippen LogP contribution in [0.1, 0.15) is 79.6 Å². The van der Waals surface area contributed by atoms with Crippen molar-refractivity contribution in [2.75, 3.05) is 59.4 Å². The highest BCUT2D eigenvalue weighted by molar-refractivity contribution is 6.29. The lowest BCUT2D eigenvalue weighted by molar-refractivity contribution is 0.0264. The van der Waals surface area contributed by atoms with Crippen molar-refractivity contribution in [1.29, 1.82) is 0 Å². The van der Waals surface area contributed by atoms with Gasteiger partial charge in [0.15, 0.2) is 0 Å². The molecule has 5 nitrogen and oxygen atoms in total. The Morgan fingerprint density at radius 1 is 0.875 bits per heavy atom. The van der Waals surface area contributed by atoms with E-state index in [4.69, 9.17) is 11.6 Å². The van der Waals surface area contributed by atoms with Crippen LogP contribution in [-0.2, 0) is 0 Å². The molecule has 1 atom stereocenters. The molecule has 3 aliphatic rings. The van der Waals surface area contributed by atoms with Crippen molar-refractivity contribution in [3.8, 4) is 0 Å². The monoisotopic (exact) mass is 571 g/mol. The number of halogens is 1. The van der Waals surface area contributed by atoms with Crippen LogP contribution in [0.4, 0.5) is 0 Å². The normalized spacial score (nSPS) is 25.0. The van der Waals surface area contributed by atoms with Gasteiger partial charge in [0.1, 0.15) is 0 Å². The summed E-state index contributed by atoms with van der Waals surface area (Å²) in [6.45, 7) is 20.1. The first-order valence-corrected chi connectivity index (χ1v) is 16.3. The zero-order valence-electron chi connectivity index (χ0n) is 26.4. The van der Waals surface area contributed by atoms with Gasteiger partial charge in [-0.2, -0.15) is 0 Å². The summed E-state index contributed by atoms with van der Waals surface area (Å²) in [6.07, 6.45) is 20.4. The highest BCUT2D eigenvalue weighted by atomic mass is 35.5. The largest absolute Gasteiger partial charge is 0.393 e. The standard InChI is InChI=1S/C34H58ClN5/c1-7-34(37-22-31-11-9-8-10-12-31)32(23-36-6)21-28(3)25-39-19-20-40(30(5)26-39)33-15-17-38(18-16-33)24-27(2)13-14-29(4)35/h7,13-14,21,23,30-31,33,36-37H,8-12,15-20,22,24-26H2,1-6H3/b27-13+,28-21-,29-14+,32-23+,34-7+. The fraction of sp³-hybridized carbons (Fsp3) is 0.706. The maximum Gasteiger partial charge on any atom is 0.0385 e. The van der Waals surface area contributed by atoms with Gasteiger partial charge in [0.25, 0.3) is 0 Å². The van der Waals surface area contributed by atoms with E-state index < -0.39 is 0 Å². The number of likely N-dealkylation sites (tertiary alicyclic amines) is 1. The SMILES string of the molecule is C\C=C(NCC1CCCCC1)/C(/C=C(/C)CN1CCN(C2CCN(C/C(C)=C/C=C(\C)Cl)CC2)C(C)C1)=C/NC. The van der Waals surface area contributed by atoms with Crippen LogP contribution in [0.3, 0.4) is 0 Å². The van der Waals surface area contributed by atoms with E-state index in [9.17, 15) is 0 Å². The summed E-state index contributed by atoms with van der Waals surface area (Å²) >= 11 is 5.99. The quantitative estimate of drug-likeness (QED) is 0.256. The number of nitrogens with zero attached hydrogens (tertiary/aromatic N) is 3. The molecule has 3 fully saturated rings. The van der Waals surface area contributed by atoms with Gasteiger partial charge in [0, 0.05) is 80.9 Å². The highest BCUT2D eigenvalue weighted by Gasteiger charge is 2.31. The molecule has 2 heterocycles. The van der Waals surface area contributed by atoms with E-state index in [0.717, 1.165) is 49.7 Å². The van der Waals surface area contributed by atoms with Crippen LogP contribution in [-0.4, -0.2) is 86.2 Å². The van der Waals surface area contributed by atoms with E-state index in [-0.39, 0.29) is 0 Å². The number of piperidine rings is 1. The van der Waals surface area contributed by atoms with Crippen molar-refractivity contribution in [2.45, 2.75) is 91.6 Å². The van der Waals surface area contributed by atoms with Crippen LogP contribution in [0.2, 0.25) is 0 Å². The first kappa shape index (κ1) is 33.0. The first-order chi connectivity index (χ1) is 19.3. The Bertz CT molecular complexity index is 915. The Morgan fingerprint density at radius 3 is 2.20 bits per heavy atom. The van der Waals surface area contributed by atoms with E-state index in [1.165, 1.54) is 87.0 Å². The van der Waals surface area contributed by atoms with E-state index in [2.05, 4.69) is 77.5 Å². The minimum Gasteiger partial charge on any atom is -0.393 e. The molecular weight excluding hydrogens is 514 g/mol. The maximum absolute atomic E-state index is 5.99. The predicted molar refractivity (Wildman–Crippen MR) is 175 cm³/mol. The molecule has 2 aliphatic heterocycles. The Kier molecular flexibility index (Phi) is 14.4. The van der Waals surface area contributed by atoms with Crippen molar-refractivity contribution < 1.29 is 0 Å². The van der Waals surface area contributed by atoms with Crippen LogP contribution in [0, 0.1) is 5.92 Å². The number of rotatable bonds is 12. The van der Waals surface area contributed by atoms with Gasteiger partial charge in [0.2, 0.25) is 0 Å². The van der Waals surface area contributed by atoms with Gasteiger partial charge in [-0.3, -0.25) is 14.7 Å². The van der Waals surface area contributed by atoms with Crippen LogP contribution >= 0.6 is 11.6 Å². The molecule has 226 valence electrons. The van der Waals surface area contributed by atoms with E-state index >= 15 is 0 Å². The fourth-order valence-corrected chi connectivity index (χ4v) is 6.90. The second kappa shape index (κ2) is 17.4. The molecule has 2 N–H and O–H groups in total. The molecule has 1 saturated carbocycles. The van der Waals surface area contributed by atoms with Crippen molar-refractivity contribution >= 4 is 11.6 Å². The lowest BCUT2D eigenvalue weighted by Gasteiger charge is -2.46. The van der Waals surface area contributed by atoms with Gasteiger partial charge in [-0.15, -0.1) is 0 Å². The number of allylic oxidation sites excluding steroid dienone is 5. The van der Waals surface area contributed by atoms with Gasteiger partial charge in [-0.25, -0.2) is 0 Å². The number of piperazine rings is 1. The topological polar surface area (TPSA) is 33.8 Å². The van der Waals surface area contributed by atoms with E-state index in [1.54, 1.807) is 0 Å². The Balaban J connectivity index is 1.47. The summed E-state index contributed by atoms with van der Waals surface area (Å²) in [6, 6.07) is 1.32. The number of nitrogens with one attached hydrogen (secondary N) is 2. The molecule has 6 heteroatoms. The third-order valence-electron chi connectivity index (χ3n) is 8.94. The predicted octanol–water partition coefficient (Wildman–Crippen LogP) is 6.67. The third kappa shape index (κ3) is 11.0. The molecule has 3 rings (SSSR count). The molecule has 0 spiro atoms. The second-order valence-electron chi connectivity index (χ2n) is 12.6. The van der Waals surface area contributed by atoms with Gasteiger partial charge >= 0.3 is 0 Å². The number of hydrogen-bond donors (Lipinski definition) is 2. The summed E-state index contributed by atoms with van der Waals surface area (Å²) in [5.41, 5.74) is 5.32. The average Bonchev–Trinajstić information content (AvgIpc) is 2.93. The van der Waals surface area contributed by atoms with Crippen molar-refractivity contribution in [1.82, 2.24) is 25.3 Å². The minimum atomic E-state index is 0.604. The lowest BCUT2D eigenvalue weighted by atomic mass is 9.89. The fourth-order valence-electron chi connectivity index (χ4n) is 6.84. The zero-order chi connectivity index (χ0) is 28.9. The highest BCUT2D eigenvalue weighted by Crippen LogP contribution is 2.25. The molecule has 1 aliphatic carbocycles. The van der Waals surface area contributed by atoms with Crippen LogP contribution in [0.5, 0.6) is 0 Å². The zero-order valence-corrected chi connectivity index (χ0v) is 27.2. The summed E-state index contributed by atoms with van der Waals surface area (Å²) in [5.74, 6) is 0.818. The van der Waals surface area contributed by atoms with E-state index in [1.807, 2.05) is 20.0 Å². The summed E-state index contributed by atoms with van der Waals surface area (Å²) < 4.78 is 0. The smallest absolute Gasteiger partial charge is 0.0385 e. The van der Waals surface area contributed by atoms with Gasteiger partial charge in [-0.1, -0.05) is 60.2 Å². The third-order valence-corrected chi connectivity index (χ3v) is 9.07. The Hall–Kier alpha value is -1.53. The molecule has 0 radical (unpaired) electrons. The van der Waals surface area contributed by atoms with Crippen molar-refractivity contribution in [2.24, 2.45) is 5.92 Å². The van der Waals surface area contributed by atoms with Gasteiger partial charge in [-0.05, 0) is 85.4 Å². The molecule has 1 unspecified atom stereocenters. The van der Waals surface area contributed by atoms with Crippen LogP contribution in [0.25, 0.3) is 0 Å². The van der Waals surface area contributed by atoms with Crippen molar-refractivity contribution in [3.63, 3.8) is 0 Å². The van der Waals surface area contributed by atoms with Gasteiger partial charge < -0.3 is 10.6 Å². The molecule has 2 saturated heterocycles. The summed E-state index contributed by atoms with van der Waals surface area (Å²) in [4.78, 5) is 8.06. The molecule has 0 bridgehead atoms. The Labute approximate surface area is 251 Å². The molecule has 0 aromatic carbocycles. The van der Waals surface area contributed by atoms with Gasteiger partial charge in [0.05, 0.1) is 0 Å². The van der Waals surface area contributed by atoms with Crippen LogP contribution in [0.15, 0.2) is 58.0 Å². The van der Waals surface area contributed by atoms with E-state index in [0.29, 0.717) is 6.04 Å². The van der Waals surface area contributed by atoms with Crippen molar-refractivity contribution in [3.05, 3.63) is 58.0 Å². The summed E-state index contributed by atoms with van der Waals surface area (Å²) in [5, 5.41) is 7.90. The molecule has 0 aromatic heterocycles. The summed E-state index contributed by atoms with van der Waals surface area (Å²) in [7, 11) is 2.00. The number of hydrogen-bond acceptors (Lipinski definition) is 5. The molecule has 0 aromatic rings. The minimum absolute atomic E-state index is 0.604. The average molecular weight is 572 g/mol. The van der Waals surface area contributed by atoms with Crippen LogP contribution < -0.4 is 10.6 Å². The molecule has 40 heavy (non-hydrogen) atoms. The lowest BCUT2D eigenvalue weighted by Crippen LogP contribution is -2.57.